The first kappa shape index (κ1) is 38.2. The number of nitrogens with zero attached hydrogens (tertiary/aromatic N) is 3. The van der Waals surface area contributed by atoms with Gasteiger partial charge in [-0.05, 0) is 148 Å². The summed E-state index contributed by atoms with van der Waals surface area (Å²) in [5, 5.41) is 7.29. The summed E-state index contributed by atoms with van der Waals surface area (Å²) in [6.07, 6.45) is 3.34. The maximum absolute atomic E-state index is 5.02. The average Bonchev–Trinajstić information content (AvgIpc) is 3.90. The van der Waals surface area contributed by atoms with Crippen LogP contribution < -0.4 is 0 Å². The molecular formula is C55H45N3S3. The molecule has 0 saturated carbocycles. The Labute approximate surface area is 371 Å². The molecule has 11 rings (SSSR count). The quantitative estimate of drug-likeness (QED) is 0.146. The fourth-order valence-electron chi connectivity index (χ4n) is 9.46. The van der Waals surface area contributed by atoms with E-state index in [1.165, 1.54) is 86.4 Å². The summed E-state index contributed by atoms with van der Waals surface area (Å²) in [4.78, 5) is 4.30. The Morgan fingerprint density at radius 2 is 0.787 bits per heavy atom. The van der Waals surface area contributed by atoms with Crippen molar-refractivity contribution >= 4 is 102 Å². The van der Waals surface area contributed by atoms with Crippen LogP contribution in [0.25, 0.3) is 82.5 Å². The van der Waals surface area contributed by atoms with Crippen molar-refractivity contribution in [3.63, 3.8) is 0 Å². The van der Waals surface area contributed by atoms with Crippen LogP contribution in [0.3, 0.4) is 0 Å². The molecule has 8 aromatic carbocycles. The van der Waals surface area contributed by atoms with Crippen molar-refractivity contribution in [1.29, 1.82) is 0 Å². The van der Waals surface area contributed by atoms with Crippen molar-refractivity contribution in [2.45, 2.75) is 66.5 Å². The van der Waals surface area contributed by atoms with Crippen molar-refractivity contribution in [3.8, 4) is 17.1 Å². The summed E-state index contributed by atoms with van der Waals surface area (Å²) in [5.41, 5.74) is 15.6. The van der Waals surface area contributed by atoms with E-state index in [9.17, 15) is 0 Å². The summed E-state index contributed by atoms with van der Waals surface area (Å²) in [6.45, 7) is 8.74. The second-order valence-electron chi connectivity index (χ2n) is 16.6. The monoisotopic (exact) mass is 843 g/mol. The number of aryl methyl sites for hydroxylation is 4. The zero-order valence-electron chi connectivity index (χ0n) is 34.7. The number of aromatic nitrogens is 3. The van der Waals surface area contributed by atoms with E-state index in [1.54, 1.807) is 11.8 Å². The van der Waals surface area contributed by atoms with Gasteiger partial charge in [0.2, 0.25) is 0 Å². The summed E-state index contributed by atoms with van der Waals surface area (Å²) < 4.78 is 7.56. The maximum Gasteiger partial charge on any atom is 0.0663 e. The zero-order chi connectivity index (χ0) is 41.5. The summed E-state index contributed by atoms with van der Waals surface area (Å²) in [6, 6.07) is 56.5. The first-order chi connectivity index (χ1) is 29.7. The molecule has 0 amide bonds. The van der Waals surface area contributed by atoms with E-state index in [-0.39, 0.29) is 0 Å². The second kappa shape index (κ2) is 15.0. The van der Waals surface area contributed by atoms with Crippen molar-refractivity contribution in [1.82, 2.24) is 13.7 Å². The van der Waals surface area contributed by atoms with Crippen molar-refractivity contribution in [2.24, 2.45) is 0 Å². The van der Waals surface area contributed by atoms with E-state index in [0.29, 0.717) is 0 Å². The van der Waals surface area contributed by atoms with Crippen LogP contribution in [0.15, 0.2) is 171 Å². The molecule has 6 heteroatoms. The smallest absolute Gasteiger partial charge is 0.0663 e. The summed E-state index contributed by atoms with van der Waals surface area (Å²) >= 11 is 11.8. The maximum atomic E-state index is 5.02. The molecule has 0 N–H and O–H groups in total. The molecule has 0 fully saturated rings. The number of fused-ring (bicyclic) bond motifs is 12. The number of rotatable bonds is 8. The van der Waals surface area contributed by atoms with Crippen molar-refractivity contribution in [3.05, 3.63) is 174 Å². The van der Waals surface area contributed by atoms with E-state index < -0.39 is 0 Å². The topological polar surface area (TPSA) is 14.8 Å². The van der Waals surface area contributed by atoms with E-state index in [4.69, 9.17) is 25.3 Å². The Hall–Kier alpha value is -5.79. The Morgan fingerprint density at radius 3 is 1.21 bits per heavy atom. The van der Waals surface area contributed by atoms with Gasteiger partial charge >= 0.3 is 0 Å². The van der Waals surface area contributed by atoms with E-state index in [0.717, 1.165) is 57.1 Å². The lowest BCUT2D eigenvalue weighted by Gasteiger charge is -2.14. The molecule has 298 valence electrons. The van der Waals surface area contributed by atoms with Crippen LogP contribution in [-0.2, 0) is 6.42 Å². The number of hydrogen-bond donors (Lipinski definition) is 2. The SMILES string of the molecule is CCCCc1ccc2c(c1)c1c3c(c4cc(S)ccc4n3-c3ccc(C)cc3)c3c(c4cc(S)ccc4n3-c3ccc(Sc4ccc(C)cc4)cc3)c1n2-c1ccc(C)cc1. The Morgan fingerprint density at radius 1 is 0.426 bits per heavy atom. The van der Waals surface area contributed by atoms with Gasteiger partial charge < -0.3 is 13.7 Å². The average molecular weight is 844 g/mol. The molecule has 3 aromatic heterocycles. The molecule has 0 saturated heterocycles. The van der Waals surface area contributed by atoms with Crippen LogP contribution in [0.4, 0.5) is 0 Å². The highest BCUT2D eigenvalue weighted by molar-refractivity contribution is 7.99. The van der Waals surface area contributed by atoms with Crippen molar-refractivity contribution < 1.29 is 0 Å². The molecule has 61 heavy (non-hydrogen) atoms. The molecular weight excluding hydrogens is 799 g/mol. The van der Waals surface area contributed by atoms with Crippen LogP contribution in [-0.4, -0.2) is 13.7 Å². The summed E-state index contributed by atoms with van der Waals surface area (Å²) in [7, 11) is 0. The molecule has 0 radical (unpaired) electrons. The summed E-state index contributed by atoms with van der Waals surface area (Å²) in [5.74, 6) is 0. The van der Waals surface area contributed by atoms with Crippen molar-refractivity contribution in [2.75, 3.05) is 0 Å². The van der Waals surface area contributed by atoms with Gasteiger partial charge in [-0.2, -0.15) is 0 Å². The highest BCUT2D eigenvalue weighted by Gasteiger charge is 2.29. The molecule has 3 heterocycles. The molecule has 0 spiro atoms. The largest absolute Gasteiger partial charge is 0.308 e. The van der Waals surface area contributed by atoms with Crippen LogP contribution >= 0.6 is 37.0 Å². The molecule has 0 aliphatic rings. The first-order valence-corrected chi connectivity index (χ1v) is 22.9. The Kier molecular flexibility index (Phi) is 9.37. The third-order valence-electron chi connectivity index (χ3n) is 12.4. The van der Waals surface area contributed by atoms with Gasteiger partial charge in [-0.1, -0.05) is 84.3 Å². The second-order valence-corrected chi connectivity index (χ2v) is 18.8. The van der Waals surface area contributed by atoms with Crippen LogP contribution in [0, 0.1) is 20.8 Å². The molecule has 3 nitrogen and oxygen atoms in total. The molecule has 0 bridgehead atoms. The molecule has 0 aliphatic heterocycles. The number of benzene rings is 8. The minimum absolute atomic E-state index is 0.934. The molecule has 0 unspecified atom stereocenters. The van der Waals surface area contributed by atoms with Crippen LogP contribution in [0.5, 0.6) is 0 Å². The molecule has 0 aliphatic carbocycles. The van der Waals surface area contributed by atoms with Gasteiger partial charge in [-0.25, -0.2) is 0 Å². The standard InChI is InChI=1S/C55H45N3S3/c1-5-6-7-36-14-27-47-44(30-36)50-53(56(47)37-15-8-33(2)9-16-37)51-46-32-41(60)22-29-49(46)58(39-19-25-43(26-20-39)61-42-23-12-35(4)13-24-42)55(51)52-45-31-40(59)21-28-48(45)57(54(50)52)38-17-10-34(3)11-18-38/h8-32,59-60H,5-7H2,1-4H3. The molecule has 11 aromatic rings. The molecule has 0 atom stereocenters. The van der Waals surface area contributed by atoms with E-state index in [2.05, 4.69) is 193 Å². The van der Waals surface area contributed by atoms with Gasteiger partial charge in [0.25, 0.3) is 0 Å². The highest BCUT2D eigenvalue weighted by Crippen LogP contribution is 2.51. The predicted molar refractivity (Wildman–Crippen MR) is 267 cm³/mol. The third-order valence-corrected chi connectivity index (χ3v) is 14.0. The number of thiol groups is 2. The van der Waals surface area contributed by atoms with Gasteiger partial charge in [0.05, 0.1) is 33.1 Å². The first-order valence-electron chi connectivity index (χ1n) is 21.2. The Bertz CT molecular complexity index is 3480. The normalized spacial score (nSPS) is 12.0. The predicted octanol–water partition coefficient (Wildman–Crippen LogP) is 16.0. The van der Waals surface area contributed by atoms with Gasteiger partial charge in [-0.15, -0.1) is 25.3 Å². The Balaban J connectivity index is 1.38. The number of hydrogen-bond acceptors (Lipinski definition) is 3. The van der Waals surface area contributed by atoms with Crippen LogP contribution in [0.1, 0.15) is 42.0 Å². The van der Waals surface area contributed by atoms with Crippen LogP contribution in [0.2, 0.25) is 0 Å². The third kappa shape index (κ3) is 6.30. The minimum Gasteiger partial charge on any atom is -0.308 e. The highest BCUT2D eigenvalue weighted by atomic mass is 32.2. The van der Waals surface area contributed by atoms with Gasteiger partial charge in [-0.3, -0.25) is 0 Å². The van der Waals surface area contributed by atoms with Gasteiger partial charge in [0.1, 0.15) is 0 Å². The lowest BCUT2D eigenvalue weighted by Crippen LogP contribution is -1.98. The zero-order valence-corrected chi connectivity index (χ0v) is 37.3. The fraction of sp³-hybridized carbons (Fsp3) is 0.127. The fourth-order valence-corrected chi connectivity index (χ4v) is 10.7. The van der Waals surface area contributed by atoms with Gasteiger partial charge in [0.15, 0.2) is 0 Å². The lowest BCUT2D eigenvalue weighted by molar-refractivity contribution is 0.796. The lowest BCUT2D eigenvalue weighted by atomic mass is 10.0. The number of unbranched alkanes of at least 4 members (excludes halogenated alkanes) is 1. The van der Waals surface area contributed by atoms with Gasteiger partial charge in [0, 0.05) is 69.0 Å². The van der Waals surface area contributed by atoms with E-state index >= 15 is 0 Å². The van der Waals surface area contributed by atoms with E-state index in [1.807, 2.05) is 0 Å². The minimum atomic E-state index is 0.934.